The Kier molecular flexibility index (Phi) is 2.78. The Morgan fingerprint density at radius 3 is 2.38 bits per heavy atom. The minimum Gasteiger partial charge on any atom is -0.465 e. The van der Waals surface area contributed by atoms with Crippen molar-refractivity contribution >= 4 is 5.97 Å². The van der Waals surface area contributed by atoms with Gasteiger partial charge in [-0.1, -0.05) is 6.07 Å². The van der Waals surface area contributed by atoms with E-state index in [0.29, 0.717) is 6.61 Å². The number of benzene rings is 2. The van der Waals surface area contributed by atoms with Gasteiger partial charge < -0.3 is 23.7 Å². The quantitative estimate of drug-likeness (QED) is 0.735. The molecule has 0 spiro atoms. The minimum absolute atomic E-state index is 0.0947. The van der Waals surface area contributed by atoms with E-state index in [4.69, 9.17) is 23.7 Å². The molecule has 0 saturated carbocycles. The van der Waals surface area contributed by atoms with Crippen LogP contribution in [0.5, 0.6) is 23.0 Å². The van der Waals surface area contributed by atoms with Crippen molar-refractivity contribution in [1.82, 2.24) is 0 Å². The molecule has 1 saturated heterocycles. The molecule has 26 heavy (non-hydrogen) atoms. The third kappa shape index (κ3) is 1.90. The van der Waals surface area contributed by atoms with Crippen LogP contribution in [0.25, 0.3) is 0 Å². The van der Waals surface area contributed by atoms with Crippen LogP contribution in [0.3, 0.4) is 0 Å². The number of hydrogen-bond donors (Lipinski definition) is 0. The number of fused-ring (bicyclic) bond motifs is 4. The zero-order valence-electron chi connectivity index (χ0n) is 13.9. The maximum Gasteiger partial charge on any atom is 0.310 e. The van der Waals surface area contributed by atoms with E-state index >= 15 is 0 Å². The van der Waals surface area contributed by atoms with Gasteiger partial charge in [0.15, 0.2) is 23.0 Å². The average Bonchev–Trinajstić information content (AvgIpc) is 3.37. The normalized spacial score (nSPS) is 27.1. The molecule has 2 aromatic rings. The van der Waals surface area contributed by atoms with Crippen molar-refractivity contribution in [2.24, 2.45) is 11.8 Å². The maximum atomic E-state index is 12.5. The predicted molar refractivity (Wildman–Crippen MR) is 88.6 cm³/mol. The molecule has 6 heteroatoms. The smallest absolute Gasteiger partial charge is 0.310 e. The molecule has 0 radical (unpaired) electrons. The number of ether oxygens (including phenoxy) is 5. The van der Waals surface area contributed by atoms with Gasteiger partial charge >= 0.3 is 5.97 Å². The van der Waals surface area contributed by atoms with Crippen LogP contribution in [0.4, 0.5) is 0 Å². The molecule has 0 aromatic heterocycles. The molecule has 6 nitrogen and oxygen atoms in total. The lowest BCUT2D eigenvalue weighted by Crippen LogP contribution is -2.31. The van der Waals surface area contributed by atoms with Crippen molar-refractivity contribution in [2.75, 3.05) is 20.2 Å². The van der Waals surface area contributed by atoms with E-state index < -0.39 is 0 Å². The van der Waals surface area contributed by atoms with Crippen LogP contribution >= 0.6 is 0 Å². The van der Waals surface area contributed by atoms with E-state index in [-0.39, 0.29) is 37.3 Å². The molecule has 0 N–H and O–H groups in total. The fraction of sp³-hybridized carbons (Fsp3) is 0.350. The molecule has 0 amide bonds. The molecule has 3 aliphatic heterocycles. The van der Waals surface area contributed by atoms with Crippen molar-refractivity contribution in [2.45, 2.75) is 12.3 Å². The van der Waals surface area contributed by atoms with Crippen LogP contribution in [0.1, 0.15) is 22.6 Å². The van der Waals surface area contributed by atoms with Gasteiger partial charge in [-0.25, -0.2) is 0 Å². The van der Waals surface area contributed by atoms with E-state index in [1.165, 1.54) is 5.56 Å². The summed E-state index contributed by atoms with van der Waals surface area (Å²) in [4.78, 5) is 12.5. The summed E-state index contributed by atoms with van der Waals surface area (Å²) < 4.78 is 27.5. The molecule has 4 aliphatic rings. The number of carbonyl (C=O) groups excluding carboxylic acids is 1. The van der Waals surface area contributed by atoms with E-state index in [1.54, 1.807) is 0 Å². The molecular formula is C20H16O6. The Balaban J connectivity index is 1.54. The third-order valence-electron chi connectivity index (χ3n) is 5.79. The maximum absolute atomic E-state index is 12.5. The first kappa shape index (κ1) is 14.3. The van der Waals surface area contributed by atoms with Crippen molar-refractivity contribution < 1.29 is 28.5 Å². The molecule has 3 atom stereocenters. The third-order valence-corrected chi connectivity index (χ3v) is 5.79. The number of hydrogen-bond acceptors (Lipinski definition) is 6. The van der Waals surface area contributed by atoms with E-state index in [1.807, 2.05) is 24.3 Å². The van der Waals surface area contributed by atoms with Gasteiger partial charge in [-0.2, -0.15) is 0 Å². The molecule has 3 unspecified atom stereocenters. The fourth-order valence-electron chi connectivity index (χ4n) is 4.61. The molecule has 3 heterocycles. The lowest BCUT2D eigenvalue weighted by atomic mass is 9.67. The van der Waals surface area contributed by atoms with Gasteiger partial charge in [0.1, 0.15) is 0 Å². The highest BCUT2D eigenvalue weighted by Gasteiger charge is 2.48. The summed E-state index contributed by atoms with van der Waals surface area (Å²) in [5.41, 5.74) is 3.33. The van der Waals surface area contributed by atoms with Gasteiger partial charge in [0.2, 0.25) is 13.6 Å². The highest BCUT2D eigenvalue weighted by Crippen LogP contribution is 2.51. The Labute approximate surface area is 149 Å². The van der Waals surface area contributed by atoms with Crippen LogP contribution in [-0.2, 0) is 16.0 Å². The monoisotopic (exact) mass is 352 g/mol. The summed E-state index contributed by atoms with van der Waals surface area (Å²) in [6, 6.07) is 9.98. The van der Waals surface area contributed by atoms with E-state index in [0.717, 1.165) is 40.5 Å². The Bertz CT molecular complexity index is 936. The zero-order valence-corrected chi connectivity index (χ0v) is 13.9. The summed E-state index contributed by atoms with van der Waals surface area (Å²) in [5, 5.41) is 0. The SMILES string of the molecule is O=C1OCC2Cc3cc4c(cc3C(c3ccc5c(c3)OCO5)C12)OCO4. The minimum atomic E-state index is -0.191. The molecule has 132 valence electrons. The zero-order chi connectivity index (χ0) is 17.3. The van der Waals surface area contributed by atoms with Crippen LogP contribution in [0.2, 0.25) is 0 Å². The summed E-state index contributed by atoms with van der Waals surface area (Å²) in [5.74, 6) is 2.73. The van der Waals surface area contributed by atoms with Crippen molar-refractivity contribution in [3.8, 4) is 23.0 Å². The van der Waals surface area contributed by atoms with Crippen LogP contribution in [0.15, 0.2) is 30.3 Å². The Morgan fingerprint density at radius 1 is 0.808 bits per heavy atom. The van der Waals surface area contributed by atoms with Crippen molar-refractivity contribution in [3.63, 3.8) is 0 Å². The summed E-state index contributed by atoms with van der Waals surface area (Å²) in [7, 11) is 0. The molecule has 6 rings (SSSR count). The summed E-state index contributed by atoms with van der Waals surface area (Å²) in [6.07, 6.45) is 0.809. The van der Waals surface area contributed by atoms with Crippen LogP contribution in [-0.4, -0.2) is 26.2 Å². The molecule has 1 fully saturated rings. The highest BCUT2D eigenvalue weighted by atomic mass is 16.7. The standard InChI is InChI=1S/C20H16O6/c21-20-19-12(7-22-20)3-11-5-16-17(26-9-25-16)6-13(11)18(19)10-1-2-14-15(4-10)24-8-23-14/h1-2,4-6,12,18-19H,3,7-9H2. The van der Waals surface area contributed by atoms with Gasteiger partial charge in [-0.05, 0) is 47.4 Å². The van der Waals surface area contributed by atoms with E-state index in [2.05, 4.69) is 6.07 Å². The van der Waals surface area contributed by atoms with Gasteiger partial charge in [0, 0.05) is 11.8 Å². The predicted octanol–water partition coefficient (Wildman–Crippen LogP) is 2.62. The summed E-state index contributed by atoms with van der Waals surface area (Å²) in [6.45, 7) is 0.938. The molecule has 0 bridgehead atoms. The van der Waals surface area contributed by atoms with Crippen LogP contribution < -0.4 is 18.9 Å². The number of rotatable bonds is 1. The topological polar surface area (TPSA) is 63.2 Å². The Morgan fingerprint density at radius 2 is 1.54 bits per heavy atom. The largest absolute Gasteiger partial charge is 0.465 e. The van der Waals surface area contributed by atoms with Gasteiger partial charge in [0.25, 0.3) is 0 Å². The number of carbonyl (C=O) groups is 1. The van der Waals surface area contributed by atoms with E-state index in [9.17, 15) is 4.79 Å². The lowest BCUT2D eigenvalue weighted by Gasteiger charge is -2.33. The second-order valence-corrected chi connectivity index (χ2v) is 7.11. The highest BCUT2D eigenvalue weighted by molar-refractivity contribution is 5.78. The first-order chi connectivity index (χ1) is 12.8. The molecular weight excluding hydrogens is 336 g/mol. The summed E-state index contributed by atoms with van der Waals surface area (Å²) >= 11 is 0. The second-order valence-electron chi connectivity index (χ2n) is 7.11. The van der Waals surface area contributed by atoms with Crippen molar-refractivity contribution in [1.29, 1.82) is 0 Å². The van der Waals surface area contributed by atoms with Crippen LogP contribution in [0, 0.1) is 11.8 Å². The lowest BCUT2D eigenvalue weighted by molar-refractivity contribution is -0.141. The van der Waals surface area contributed by atoms with Gasteiger partial charge in [-0.15, -0.1) is 0 Å². The van der Waals surface area contributed by atoms with Crippen molar-refractivity contribution in [3.05, 3.63) is 47.0 Å². The molecule has 1 aliphatic carbocycles. The van der Waals surface area contributed by atoms with Gasteiger partial charge in [0.05, 0.1) is 12.5 Å². The van der Waals surface area contributed by atoms with Gasteiger partial charge in [-0.3, -0.25) is 4.79 Å². The first-order valence-corrected chi connectivity index (χ1v) is 8.76. The fourth-order valence-corrected chi connectivity index (χ4v) is 4.61. The average molecular weight is 352 g/mol. The Hall–Kier alpha value is -2.89. The molecule has 2 aromatic carbocycles. The number of cyclic esters (lactones) is 1. The number of esters is 1. The first-order valence-electron chi connectivity index (χ1n) is 8.76. The second kappa shape index (κ2) is 5.06.